The third-order valence-corrected chi connectivity index (χ3v) is 5.75. The molecule has 1 fully saturated rings. The van der Waals surface area contributed by atoms with Crippen molar-refractivity contribution in [3.8, 4) is 0 Å². The van der Waals surface area contributed by atoms with E-state index in [1.165, 1.54) is 35.6 Å². The van der Waals surface area contributed by atoms with Gasteiger partial charge in [0.15, 0.2) is 0 Å². The number of methoxy groups -OCH3 is 1. The summed E-state index contributed by atoms with van der Waals surface area (Å²) in [5, 5.41) is 14.8. The van der Waals surface area contributed by atoms with Gasteiger partial charge < -0.3 is 20.3 Å². The van der Waals surface area contributed by atoms with Gasteiger partial charge in [0.1, 0.15) is 10.8 Å². The second kappa shape index (κ2) is 10.3. The smallest absolute Gasteiger partial charge is 0.317 e. The van der Waals surface area contributed by atoms with Crippen LogP contribution in [0.15, 0.2) is 24.3 Å². The minimum absolute atomic E-state index is 0.0591. The number of rotatable bonds is 7. The average molecular weight is 421 g/mol. The molecule has 2 aromatic rings. The van der Waals surface area contributed by atoms with Gasteiger partial charge in [-0.05, 0) is 43.5 Å². The van der Waals surface area contributed by atoms with E-state index >= 15 is 0 Å². The molecule has 8 nitrogen and oxygen atoms in total. The predicted molar refractivity (Wildman–Crippen MR) is 108 cm³/mol. The van der Waals surface area contributed by atoms with Crippen LogP contribution in [0.1, 0.15) is 40.0 Å². The fraction of sp³-hybridized carbons (Fsp3) is 0.474. The number of hydrogen-bond acceptors (Lipinski definition) is 6. The van der Waals surface area contributed by atoms with Gasteiger partial charge >= 0.3 is 6.03 Å². The van der Waals surface area contributed by atoms with Crippen molar-refractivity contribution in [2.45, 2.75) is 25.2 Å². The number of amides is 3. The molecule has 10 heteroatoms. The van der Waals surface area contributed by atoms with Crippen molar-refractivity contribution in [1.82, 2.24) is 20.4 Å². The summed E-state index contributed by atoms with van der Waals surface area (Å²) in [6, 6.07) is 5.48. The molecule has 1 aliphatic rings. The molecule has 0 spiro atoms. The number of nitrogens with zero attached hydrogens (tertiary/aromatic N) is 3. The number of urea groups is 1. The number of hydrogen-bond donors (Lipinski definition) is 2. The zero-order valence-electron chi connectivity index (χ0n) is 16.2. The van der Waals surface area contributed by atoms with Gasteiger partial charge in [-0.1, -0.05) is 11.3 Å². The molecular weight excluding hydrogens is 397 g/mol. The number of carbonyl (C=O) groups excluding carboxylic acids is 2. The Morgan fingerprint density at radius 1 is 1.24 bits per heavy atom. The SMILES string of the molecule is COCCCNC(=O)N1CCC(c2nnc(C(=O)Nc3ccc(F)cc3)s2)CC1. The van der Waals surface area contributed by atoms with E-state index < -0.39 is 0 Å². The monoisotopic (exact) mass is 421 g/mol. The summed E-state index contributed by atoms with van der Waals surface area (Å²) in [6.07, 6.45) is 2.34. The van der Waals surface area contributed by atoms with Crippen molar-refractivity contribution < 1.29 is 18.7 Å². The minimum Gasteiger partial charge on any atom is -0.385 e. The number of ether oxygens (including phenoxy) is 1. The van der Waals surface area contributed by atoms with Crippen LogP contribution in [0.25, 0.3) is 0 Å². The number of piperidine rings is 1. The molecule has 1 aromatic heterocycles. The molecule has 1 aliphatic heterocycles. The number of nitrogens with one attached hydrogen (secondary N) is 2. The lowest BCUT2D eigenvalue weighted by Gasteiger charge is -2.30. The molecule has 2 heterocycles. The number of benzene rings is 1. The molecule has 3 amide bonds. The first kappa shape index (κ1) is 21.1. The number of carbonyl (C=O) groups is 2. The lowest BCUT2D eigenvalue weighted by molar-refractivity contribution is 0.102. The number of anilines is 1. The van der Waals surface area contributed by atoms with Crippen LogP contribution in [-0.2, 0) is 4.74 Å². The highest BCUT2D eigenvalue weighted by atomic mass is 32.1. The molecule has 29 heavy (non-hydrogen) atoms. The number of aromatic nitrogens is 2. The van der Waals surface area contributed by atoms with Crippen molar-refractivity contribution >= 4 is 29.0 Å². The van der Waals surface area contributed by atoms with E-state index in [1.54, 1.807) is 12.0 Å². The van der Waals surface area contributed by atoms with Crippen LogP contribution in [0.2, 0.25) is 0 Å². The second-order valence-corrected chi connectivity index (χ2v) is 7.76. The maximum Gasteiger partial charge on any atom is 0.317 e. The first-order valence-corrected chi connectivity index (χ1v) is 10.3. The van der Waals surface area contributed by atoms with Gasteiger partial charge in [0.2, 0.25) is 5.01 Å². The zero-order chi connectivity index (χ0) is 20.6. The highest BCUT2D eigenvalue weighted by Gasteiger charge is 2.27. The van der Waals surface area contributed by atoms with Crippen LogP contribution in [0.3, 0.4) is 0 Å². The van der Waals surface area contributed by atoms with Gasteiger partial charge in [0, 0.05) is 45.0 Å². The Morgan fingerprint density at radius 2 is 1.97 bits per heavy atom. The molecular formula is C19H24FN5O3S. The third-order valence-electron chi connectivity index (χ3n) is 4.67. The molecule has 1 saturated heterocycles. The maximum absolute atomic E-state index is 13.0. The topological polar surface area (TPSA) is 96.4 Å². The second-order valence-electron chi connectivity index (χ2n) is 6.75. The van der Waals surface area contributed by atoms with Crippen LogP contribution in [0, 0.1) is 5.82 Å². The zero-order valence-corrected chi connectivity index (χ0v) is 17.0. The molecule has 0 atom stereocenters. The first-order valence-electron chi connectivity index (χ1n) is 9.49. The fourth-order valence-electron chi connectivity index (χ4n) is 3.06. The average Bonchev–Trinajstić information content (AvgIpc) is 3.23. The summed E-state index contributed by atoms with van der Waals surface area (Å²) in [6.45, 7) is 2.49. The predicted octanol–water partition coefficient (Wildman–Crippen LogP) is 2.86. The van der Waals surface area contributed by atoms with Crippen molar-refractivity contribution in [2.24, 2.45) is 0 Å². The van der Waals surface area contributed by atoms with Crippen molar-refractivity contribution in [1.29, 1.82) is 0 Å². The Labute approximate surface area is 172 Å². The Hall–Kier alpha value is -2.59. The van der Waals surface area contributed by atoms with E-state index in [9.17, 15) is 14.0 Å². The standard InChI is InChI=1S/C19H24FN5O3S/c1-28-12-2-9-21-19(27)25-10-7-13(8-11-25)17-23-24-18(29-17)16(26)22-15-5-3-14(20)4-6-15/h3-6,13H,2,7-12H2,1H3,(H,21,27)(H,22,26). The van der Waals surface area contributed by atoms with Crippen molar-refractivity contribution in [3.63, 3.8) is 0 Å². The van der Waals surface area contributed by atoms with E-state index in [0.717, 1.165) is 24.3 Å². The summed E-state index contributed by atoms with van der Waals surface area (Å²) < 4.78 is 17.9. The summed E-state index contributed by atoms with van der Waals surface area (Å²) in [4.78, 5) is 26.3. The van der Waals surface area contributed by atoms with E-state index in [4.69, 9.17) is 4.74 Å². The van der Waals surface area contributed by atoms with Crippen LogP contribution in [0.5, 0.6) is 0 Å². The molecule has 1 aromatic carbocycles. The Morgan fingerprint density at radius 3 is 2.66 bits per heavy atom. The lowest BCUT2D eigenvalue weighted by Crippen LogP contribution is -2.44. The Balaban J connectivity index is 1.48. The van der Waals surface area contributed by atoms with Gasteiger partial charge in [-0.2, -0.15) is 0 Å². The molecule has 0 saturated carbocycles. The molecule has 0 aliphatic carbocycles. The van der Waals surface area contributed by atoms with Gasteiger partial charge in [0.25, 0.3) is 5.91 Å². The fourth-order valence-corrected chi connectivity index (χ4v) is 3.97. The van der Waals surface area contributed by atoms with E-state index in [0.29, 0.717) is 31.9 Å². The minimum atomic E-state index is -0.367. The van der Waals surface area contributed by atoms with Gasteiger partial charge in [-0.25, -0.2) is 9.18 Å². The summed E-state index contributed by atoms with van der Waals surface area (Å²) in [5.41, 5.74) is 0.498. The summed E-state index contributed by atoms with van der Waals surface area (Å²) >= 11 is 1.26. The van der Waals surface area contributed by atoms with Crippen LogP contribution in [0.4, 0.5) is 14.9 Å². The van der Waals surface area contributed by atoms with Gasteiger partial charge in [0.05, 0.1) is 0 Å². The Kier molecular flexibility index (Phi) is 7.48. The van der Waals surface area contributed by atoms with Crippen LogP contribution in [-0.4, -0.2) is 60.4 Å². The van der Waals surface area contributed by atoms with E-state index in [-0.39, 0.29) is 28.7 Å². The number of likely N-dealkylation sites (tertiary alicyclic amines) is 1. The van der Waals surface area contributed by atoms with E-state index in [2.05, 4.69) is 20.8 Å². The van der Waals surface area contributed by atoms with Crippen LogP contribution < -0.4 is 10.6 Å². The van der Waals surface area contributed by atoms with Crippen molar-refractivity contribution in [2.75, 3.05) is 38.7 Å². The lowest BCUT2D eigenvalue weighted by atomic mass is 9.98. The first-order chi connectivity index (χ1) is 14.1. The molecule has 0 bridgehead atoms. The molecule has 0 unspecified atom stereocenters. The summed E-state index contributed by atoms with van der Waals surface area (Å²) in [7, 11) is 1.64. The largest absolute Gasteiger partial charge is 0.385 e. The number of halogens is 1. The van der Waals surface area contributed by atoms with Crippen molar-refractivity contribution in [3.05, 3.63) is 40.1 Å². The molecule has 156 valence electrons. The summed E-state index contributed by atoms with van der Waals surface area (Å²) in [5.74, 6) is -0.554. The normalized spacial score (nSPS) is 14.6. The third kappa shape index (κ3) is 5.94. The molecule has 3 rings (SSSR count). The quantitative estimate of drug-likeness (QED) is 0.670. The van der Waals surface area contributed by atoms with E-state index in [1.807, 2.05) is 0 Å². The highest BCUT2D eigenvalue weighted by Crippen LogP contribution is 2.30. The van der Waals surface area contributed by atoms with Crippen LogP contribution >= 0.6 is 11.3 Å². The maximum atomic E-state index is 13.0. The highest BCUT2D eigenvalue weighted by molar-refractivity contribution is 7.13. The van der Waals surface area contributed by atoms with Gasteiger partial charge in [-0.15, -0.1) is 10.2 Å². The van der Waals surface area contributed by atoms with Gasteiger partial charge in [-0.3, -0.25) is 4.79 Å². The molecule has 0 radical (unpaired) electrons. The molecule has 2 N–H and O–H groups in total. The Bertz CT molecular complexity index is 822.